The fourth-order valence-electron chi connectivity index (χ4n) is 2.52. The molecule has 0 atom stereocenters. The molecule has 0 radical (unpaired) electrons. The maximum Gasteiger partial charge on any atom is 0.0828 e. The first-order valence-electron chi connectivity index (χ1n) is 7.28. The van der Waals surface area contributed by atoms with Crippen molar-refractivity contribution in [3.63, 3.8) is 0 Å². The van der Waals surface area contributed by atoms with Crippen molar-refractivity contribution >= 4 is 27.2 Å². The second-order valence-electron chi connectivity index (χ2n) is 5.26. The number of hydrogen-bond acceptors (Lipinski definition) is 5. The van der Waals surface area contributed by atoms with E-state index in [1.54, 1.807) is 18.4 Å². The molecule has 0 amide bonds. The lowest BCUT2D eigenvalue weighted by atomic mass is 10.2. The molecule has 6 heteroatoms. The van der Waals surface area contributed by atoms with Crippen LogP contribution in [0.3, 0.4) is 0 Å². The van der Waals surface area contributed by atoms with Crippen LogP contribution in [0.1, 0.15) is 17.0 Å². The molecule has 116 valence electrons. The lowest BCUT2D eigenvalue weighted by Gasteiger charge is -2.08. The van der Waals surface area contributed by atoms with Crippen molar-refractivity contribution in [2.45, 2.75) is 26.9 Å². The number of aromatic nitrogens is 3. The van der Waals surface area contributed by atoms with E-state index >= 15 is 0 Å². The van der Waals surface area contributed by atoms with Crippen LogP contribution in [0, 0.1) is 13.8 Å². The van der Waals surface area contributed by atoms with Gasteiger partial charge in [0.05, 0.1) is 40.4 Å². The molecule has 0 bridgehead atoms. The number of fused-ring (bicyclic) bond motifs is 1. The van der Waals surface area contributed by atoms with E-state index in [-0.39, 0.29) is 0 Å². The van der Waals surface area contributed by atoms with Crippen LogP contribution in [0.15, 0.2) is 23.7 Å². The third kappa shape index (κ3) is 2.98. The molecule has 0 saturated carbocycles. The van der Waals surface area contributed by atoms with Crippen molar-refractivity contribution < 1.29 is 4.74 Å². The summed E-state index contributed by atoms with van der Waals surface area (Å²) >= 11 is 1.72. The highest BCUT2D eigenvalue weighted by Gasteiger charge is 2.11. The summed E-state index contributed by atoms with van der Waals surface area (Å²) in [6, 6.07) is 4.24. The average molecular weight is 316 g/mol. The molecule has 0 aliphatic rings. The minimum absolute atomic E-state index is 0.667. The van der Waals surface area contributed by atoms with E-state index < -0.39 is 0 Å². The monoisotopic (exact) mass is 316 g/mol. The van der Waals surface area contributed by atoms with Crippen LogP contribution in [-0.2, 0) is 17.8 Å². The lowest BCUT2D eigenvalue weighted by molar-refractivity contribution is 0.182. The number of rotatable bonds is 6. The van der Waals surface area contributed by atoms with Gasteiger partial charge in [0, 0.05) is 19.9 Å². The molecule has 0 aliphatic carbocycles. The number of methoxy groups -OCH3 is 1. The van der Waals surface area contributed by atoms with Gasteiger partial charge in [0.2, 0.25) is 0 Å². The highest BCUT2D eigenvalue weighted by Crippen LogP contribution is 2.22. The summed E-state index contributed by atoms with van der Waals surface area (Å²) in [5, 5.41) is 10.1. The fraction of sp³-hybridized carbons (Fsp3) is 0.375. The quantitative estimate of drug-likeness (QED) is 0.757. The van der Waals surface area contributed by atoms with Crippen molar-refractivity contribution in [2.24, 2.45) is 0 Å². The predicted molar refractivity (Wildman–Crippen MR) is 90.5 cm³/mol. The molecule has 0 spiro atoms. The first-order chi connectivity index (χ1) is 10.7. The van der Waals surface area contributed by atoms with Crippen LogP contribution in [0.4, 0.5) is 5.69 Å². The molecule has 0 aromatic carbocycles. The summed E-state index contributed by atoms with van der Waals surface area (Å²) < 4.78 is 8.34. The Morgan fingerprint density at radius 3 is 3.05 bits per heavy atom. The molecular weight excluding hydrogens is 296 g/mol. The number of aryl methyl sites for hydroxylation is 1. The molecule has 22 heavy (non-hydrogen) atoms. The van der Waals surface area contributed by atoms with Gasteiger partial charge in [0.25, 0.3) is 0 Å². The highest BCUT2D eigenvalue weighted by molar-refractivity contribution is 7.17. The maximum atomic E-state index is 5.12. The number of nitrogens with one attached hydrogen (secondary N) is 1. The number of pyridine rings is 1. The third-order valence-corrected chi connectivity index (χ3v) is 4.57. The van der Waals surface area contributed by atoms with Gasteiger partial charge in [-0.2, -0.15) is 5.10 Å². The number of hydrogen-bond donors (Lipinski definition) is 1. The van der Waals surface area contributed by atoms with E-state index in [0.717, 1.165) is 35.7 Å². The normalized spacial score (nSPS) is 11.2. The van der Waals surface area contributed by atoms with Gasteiger partial charge in [-0.15, -0.1) is 11.3 Å². The second-order valence-corrected chi connectivity index (χ2v) is 6.21. The van der Waals surface area contributed by atoms with E-state index in [1.165, 1.54) is 10.3 Å². The number of thiophene rings is 1. The first kappa shape index (κ1) is 15.0. The van der Waals surface area contributed by atoms with Gasteiger partial charge < -0.3 is 10.1 Å². The molecule has 3 aromatic rings. The van der Waals surface area contributed by atoms with Crippen molar-refractivity contribution in [1.29, 1.82) is 0 Å². The predicted octanol–water partition coefficient (Wildman–Crippen LogP) is 3.37. The standard InChI is InChI=1S/C16H20N4OS/c1-11-16(12(2)20(19-11)5-6-21-3)18-10-13-8-15-14(17-9-13)4-7-22-15/h4,7-9,18H,5-6,10H2,1-3H3. The van der Waals surface area contributed by atoms with Gasteiger partial charge in [-0.3, -0.25) is 9.67 Å². The Labute approximate surface area is 133 Å². The largest absolute Gasteiger partial charge is 0.383 e. The summed E-state index contributed by atoms with van der Waals surface area (Å²) in [5.41, 5.74) is 5.49. The fourth-order valence-corrected chi connectivity index (χ4v) is 3.33. The van der Waals surface area contributed by atoms with Crippen molar-refractivity contribution in [3.8, 4) is 0 Å². The maximum absolute atomic E-state index is 5.12. The molecule has 3 heterocycles. The molecule has 0 fully saturated rings. The van der Waals surface area contributed by atoms with Crippen LogP contribution in [0.25, 0.3) is 10.2 Å². The lowest BCUT2D eigenvalue weighted by Crippen LogP contribution is -2.08. The van der Waals surface area contributed by atoms with E-state index in [0.29, 0.717) is 6.61 Å². The summed E-state index contributed by atoms with van der Waals surface area (Å²) in [4.78, 5) is 4.48. The Kier molecular flexibility index (Phi) is 4.40. The van der Waals surface area contributed by atoms with Crippen LogP contribution < -0.4 is 5.32 Å². The Bertz CT molecular complexity index is 778. The number of anilines is 1. The van der Waals surface area contributed by atoms with Gasteiger partial charge in [-0.1, -0.05) is 0 Å². The molecule has 0 unspecified atom stereocenters. The Hall–Kier alpha value is -1.92. The Morgan fingerprint density at radius 2 is 2.23 bits per heavy atom. The van der Waals surface area contributed by atoms with Crippen molar-refractivity contribution in [1.82, 2.24) is 14.8 Å². The van der Waals surface area contributed by atoms with E-state index in [9.17, 15) is 0 Å². The second kappa shape index (κ2) is 6.46. The average Bonchev–Trinajstić information content (AvgIpc) is 3.08. The molecule has 3 rings (SSSR count). The molecule has 3 aromatic heterocycles. The summed E-state index contributed by atoms with van der Waals surface area (Å²) in [6.45, 7) is 6.30. The van der Waals surface area contributed by atoms with Crippen LogP contribution >= 0.6 is 11.3 Å². The first-order valence-corrected chi connectivity index (χ1v) is 8.16. The van der Waals surface area contributed by atoms with Gasteiger partial charge in [-0.05, 0) is 36.9 Å². The van der Waals surface area contributed by atoms with E-state index in [1.807, 2.05) is 23.9 Å². The SMILES string of the molecule is COCCn1nc(C)c(NCc2cnc3ccsc3c2)c1C. The summed E-state index contributed by atoms with van der Waals surface area (Å²) in [6.07, 6.45) is 1.93. The van der Waals surface area contributed by atoms with Gasteiger partial charge in [0.15, 0.2) is 0 Å². The number of ether oxygens (including phenoxy) is 1. The molecule has 0 saturated heterocycles. The van der Waals surface area contributed by atoms with Gasteiger partial charge >= 0.3 is 0 Å². The van der Waals surface area contributed by atoms with Crippen LogP contribution in [0.5, 0.6) is 0 Å². The molecular formula is C16H20N4OS. The Morgan fingerprint density at radius 1 is 1.36 bits per heavy atom. The van der Waals surface area contributed by atoms with Crippen molar-refractivity contribution in [2.75, 3.05) is 19.0 Å². The van der Waals surface area contributed by atoms with Crippen LogP contribution in [0.2, 0.25) is 0 Å². The minimum Gasteiger partial charge on any atom is -0.383 e. The molecule has 1 N–H and O–H groups in total. The molecule has 0 aliphatic heterocycles. The zero-order chi connectivity index (χ0) is 15.5. The smallest absolute Gasteiger partial charge is 0.0828 e. The number of nitrogens with zero attached hydrogens (tertiary/aromatic N) is 3. The Balaban J connectivity index is 1.74. The van der Waals surface area contributed by atoms with E-state index in [2.05, 4.69) is 33.8 Å². The zero-order valence-electron chi connectivity index (χ0n) is 13.1. The van der Waals surface area contributed by atoms with Gasteiger partial charge in [0.1, 0.15) is 0 Å². The third-order valence-electron chi connectivity index (χ3n) is 3.72. The van der Waals surface area contributed by atoms with Crippen LogP contribution in [-0.4, -0.2) is 28.5 Å². The summed E-state index contributed by atoms with van der Waals surface area (Å²) in [5.74, 6) is 0. The molecule has 5 nitrogen and oxygen atoms in total. The zero-order valence-corrected chi connectivity index (χ0v) is 13.9. The summed E-state index contributed by atoms with van der Waals surface area (Å²) in [7, 11) is 1.71. The van der Waals surface area contributed by atoms with Crippen molar-refractivity contribution in [3.05, 3.63) is 40.7 Å². The van der Waals surface area contributed by atoms with E-state index in [4.69, 9.17) is 4.74 Å². The topological polar surface area (TPSA) is 52.0 Å². The van der Waals surface area contributed by atoms with Gasteiger partial charge in [-0.25, -0.2) is 0 Å². The minimum atomic E-state index is 0.667. The highest BCUT2D eigenvalue weighted by atomic mass is 32.1.